The number of H-pyrrole nitrogens is 1. The summed E-state index contributed by atoms with van der Waals surface area (Å²) in [5.41, 5.74) is 3.15. The molecule has 20 heavy (non-hydrogen) atoms. The highest BCUT2D eigenvalue weighted by Gasteiger charge is 2.20. The van der Waals surface area contributed by atoms with Crippen LogP contribution in [-0.4, -0.2) is 29.8 Å². The van der Waals surface area contributed by atoms with Gasteiger partial charge in [-0.15, -0.1) is 11.3 Å². The van der Waals surface area contributed by atoms with Gasteiger partial charge in [-0.3, -0.25) is 0 Å². The molecule has 3 aromatic rings. The normalized spacial score (nSPS) is 19.5. The lowest BCUT2D eigenvalue weighted by atomic mass is 10.2. The van der Waals surface area contributed by atoms with E-state index < -0.39 is 0 Å². The molecular formula is C15H14N2O2S. The molecule has 1 saturated heterocycles. The van der Waals surface area contributed by atoms with Crippen LogP contribution in [0.15, 0.2) is 35.7 Å². The summed E-state index contributed by atoms with van der Waals surface area (Å²) in [4.78, 5) is 8.09. The van der Waals surface area contributed by atoms with Crippen LogP contribution in [0.3, 0.4) is 0 Å². The van der Waals surface area contributed by atoms with E-state index in [1.807, 2.05) is 12.1 Å². The van der Waals surface area contributed by atoms with Gasteiger partial charge in [0.05, 0.1) is 31.2 Å². The Morgan fingerprint density at radius 3 is 3.05 bits per heavy atom. The molecule has 1 fully saturated rings. The third kappa shape index (κ3) is 2.14. The van der Waals surface area contributed by atoms with E-state index in [1.165, 1.54) is 5.39 Å². The fourth-order valence-corrected chi connectivity index (χ4v) is 3.24. The molecule has 1 N–H and O–H groups in total. The molecule has 1 aliphatic rings. The van der Waals surface area contributed by atoms with Crippen LogP contribution in [0.5, 0.6) is 0 Å². The number of para-hydroxylation sites is 1. The Hall–Kier alpha value is -1.69. The van der Waals surface area contributed by atoms with Gasteiger partial charge in [0.1, 0.15) is 11.1 Å². The highest BCUT2D eigenvalue weighted by molar-refractivity contribution is 7.13. The van der Waals surface area contributed by atoms with E-state index in [4.69, 9.17) is 9.47 Å². The van der Waals surface area contributed by atoms with E-state index in [1.54, 1.807) is 11.3 Å². The molecule has 2 aromatic heterocycles. The number of hydrogen-bond acceptors (Lipinski definition) is 4. The summed E-state index contributed by atoms with van der Waals surface area (Å²) >= 11 is 1.63. The van der Waals surface area contributed by atoms with Gasteiger partial charge in [0.2, 0.25) is 0 Å². The highest BCUT2D eigenvalue weighted by Crippen LogP contribution is 2.30. The Bertz CT molecular complexity index is 695. The summed E-state index contributed by atoms with van der Waals surface area (Å²) in [7, 11) is 0. The highest BCUT2D eigenvalue weighted by atomic mass is 32.1. The van der Waals surface area contributed by atoms with Gasteiger partial charge in [-0.05, 0) is 12.1 Å². The average molecular weight is 286 g/mol. The summed E-state index contributed by atoms with van der Waals surface area (Å²) in [5.74, 6) is 0. The molecule has 1 aliphatic heterocycles. The number of hydrogen-bond donors (Lipinski definition) is 1. The van der Waals surface area contributed by atoms with Gasteiger partial charge in [0.15, 0.2) is 0 Å². The van der Waals surface area contributed by atoms with E-state index in [9.17, 15) is 0 Å². The molecule has 3 heterocycles. The van der Waals surface area contributed by atoms with Crippen LogP contribution in [0.4, 0.5) is 0 Å². The van der Waals surface area contributed by atoms with Crippen LogP contribution in [0.25, 0.3) is 21.6 Å². The standard InChI is InChI=1S/C15H14N2O2S/c1-2-4-11-10(3-1)7-12(16-11)15-17-13(9-20-15)14-8-18-5-6-19-14/h1-4,7,9,14,16H,5-6,8H2. The summed E-state index contributed by atoms with van der Waals surface area (Å²) in [6, 6.07) is 10.4. The van der Waals surface area contributed by atoms with Crippen molar-refractivity contribution in [3.05, 3.63) is 41.4 Å². The zero-order valence-electron chi connectivity index (χ0n) is 10.8. The maximum Gasteiger partial charge on any atom is 0.140 e. The number of aromatic amines is 1. The molecule has 4 rings (SSSR count). The second-order valence-electron chi connectivity index (χ2n) is 4.78. The summed E-state index contributed by atoms with van der Waals surface area (Å²) in [5, 5.41) is 4.25. The minimum Gasteiger partial charge on any atom is -0.376 e. The van der Waals surface area contributed by atoms with E-state index >= 15 is 0 Å². The lowest BCUT2D eigenvalue weighted by Crippen LogP contribution is -2.22. The third-order valence-corrected chi connectivity index (χ3v) is 4.32. The van der Waals surface area contributed by atoms with Crippen molar-refractivity contribution in [2.45, 2.75) is 6.10 Å². The zero-order chi connectivity index (χ0) is 13.4. The Labute approximate surface area is 120 Å². The monoisotopic (exact) mass is 286 g/mol. The molecule has 0 amide bonds. The van der Waals surface area contributed by atoms with Gasteiger partial charge in [-0.1, -0.05) is 18.2 Å². The Morgan fingerprint density at radius 2 is 2.20 bits per heavy atom. The van der Waals surface area contributed by atoms with E-state index in [2.05, 4.69) is 33.5 Å². The Morgan fingerprint density at radius 1 is 1.25 bits per heavy atom. The number of aromatic nitrogens is 2. The van der Waals surface area contributed by atoms with Crippen molar-refractivity contribution in [3.8, 4) is 10.7 Å². The fourth-order valence-electron chi connectivity index (χ4n) is 2.40. The minimum atomic E-state index is -0.0295. The van der Waals surface area contributed by atoms with Gasteiger partial charge < -0.3 is 14.5 Å². The molecule has 0 bridgehead atoms. The minimum absolute atomic E-state index is 0.0295. The second kappa shape index (κ2) is 5.01. The van der Waals surface area contributed by atoms with Crippen molar-refractivity contribution in [3.63, 3.8) is 0 Å². The van der Waals surface area contributed by atoms with Crippen molar-refractivity contribution >= 4 is 22.2 Å². The maximum atomic E-state index is 5.68. The van der Waals surface area contributed by atoms with Crippen molar-refractivity contribution < 1.29 is 9.47 Å². The molecule has 102 valence electrons. The number of thiazole rings is 1. The van der Waals surface area contributed by atoms with E-state index in [0.717, 1.165) is 21.9 Å². The predicted octanol–water partition coefficient (Wildman–Crippen LogP) is 3.38. The molecule has 1 unspecified atom stereocenters. The maximum absolute atomic E-state index is 5.68. The second-order valence-corrected chi connectivity index (χ2v) is 5.64. The van der Waals surface area contributed by atoms with Crippen molar-refractivity contribution in [1.82, 2.24) is 9.97 Å². The van der Waals surface area contributed by atoms with E-state index in [-0.39, 0.29) is 6.10 Å². The van der Waals surface area contributed by atoms with Gasteiger partial charge in [0, 0.05) is 16.3 Å². The molecular weight excluding hydrogens is 272 g/mol. The Kier molecular flexibility index (Phi) is 3.03. The molecule has 1 aromatic carbocycles. The summed E-state index contributed by atoms with van der Waals surface area (Å²) in [6.07, 6.45) is -0.0295. The van der Waals surface area contributed by atoms with Crippen LogP contribution in [0, 0.1) is 0 Å². The van der Waals surface area contributed by atoms with Crippen LogP contribution >= 0.6 is 11.3 Å². The number of ether oxygens (including phenoxy) is 2. The Balaban J connectivity index is 1.66. The topological polar surface area (TPSA) is 47.1 Å². The molecule has 1 atom stereocenters. The van der Waals surface area contributed by atoms with Crippen LogP contribution in [0.1, 0.15) is 11.8 Å². The van der Waals surface area contributed by atoms with Gasteiger partial charge in [-0.25, -0.2) is 4.98 Å². The van der Waals surface area contributed by atoms with Crippen LogP contribution in [-0.2, 0) is 9.47 Å². The van der Waals surface area contributed by atoms with Gasteiger partial charge >= 0.3 is 0 Å². The number of benzene rings is 1. The van der Waals surface area contributed by atoms with Crippen LogP contribution < -0.4 is 0 Å². The van der Waals surface area contributed by atoms with Crippen LogP contribution in [0.2, 0.25) is 0 Å². The molecule has 0 spiro atoms. The average Bonchev–Trinajstić information content (AvgIpc) is 3.14. The lowest BCUT2D eigenvalue weighted by molar-refractivity contribution is -0.0915. The quantitative estimate of drug-likeness (QED) is 0.785. The number of fused-ring (bicyclic) bond motifs is 1. The first-order valence-corrected chi connectivity index (χ1v) is 7.51. The SMILES string of the molecule is c1ccc2[nH]c(-c3nc(C4COCCO4)cs3)cc2c1. The van der Waals surface area contributed by atoms with Crippen molar-refractivity contribution in [2.24, 2.45) is 0 Å². The molecule has 0 aliphatic carbocycles. The van der Waals surface area contributed by atoms with E-state index in [0.29, 0.717) is 19.8 Å². The smallest absolute Gasteiger partial charge is 0.140 e. The first-order valence-electron chi connectivity index (χ1n) is 6.63. The molecule has 0 saturated carbocycles. The lowest BCUT2D eigenvalue weighted by Gasteiger charge is -2.21. The predicted molar refractivity (Wildman–Crippen MR) is 78.9 cm³/mol. The third-order valence-electron chi connectivity index (χ3n) is 3.43. The first-order chi connectivity index (χ1) is 9.90. The zero-order valence-corrected chi connectivity index (χ0v) is 11.7. The largest absolute Gasteiger partial charge is 0.376 e. The summed E-state index contributed by atoms with van der Waals surface area (Å²) in [6.45, 7) is 1.91. The molecule has 5 heteroatoms. The van der Waals surface area contributed by atoms with Gasteiger partial charge in [-0.2, -0.15) is 0 Å². The van der Waals surface area contributed by atoms with Crippen molar-refractivity contribution in [1.29, 1.82) is 0 Å². The first kappa shape index (κ1) is 12.1. The number of nitrogens with one attached hydrogen (secondary N) is 1. The number of rotatable bonds is 2. The van der Waals surface area contributed by atoms with Crippen molar-refractivity contribution in [2.75, 3.05) is 19.8 Å². The molecule has 4 nitrogen and oxygen atoms in total. The summed E-state index contributed by atoms with van der Waals surface area (Å²) < 4.78 is 11.1. The van der Waals surface area contributed by atoms with Gasteiger partial charge in [0.25, 0.3) is 0 Å². The molecule has 0 radical (unpaired) electrons. The number of nitrogens with zero attached hydrogens (tertiary/aromatic N) is 1. The fraction of sp³-hybridized carbons (Fsp3) is 0.267.